The molecule has 1 amide bonds. The van der Waals surface area contributed by atoms with Crippen LogP contribution in [0, 0.1) is 0 Å². The van der Waals surface area contributed by atoms with E-state index in [2.05, 4.69) is 34.3 Å². The molecular weight excluding hydrogens is 362 g/mol. The highest BCUT2D eigenvalue weighted by molar-refractivity contribution is 7.13. The number of aromatic nitrogens is 1. The first-order valence-electron chi connectivity index (χ1n) is 9.33. The first-order chi connectivity index (χ1) is 13.1. The molecule has 0 atom stereocenters. The van der Waals surface area contributed by atoms with E-state index in [9.17, 15) is 4.79 Å². The lowest BCUT2D eigenvalue weighted by molar-refractivity contribution is -0.116. The van der Waals surface area contributed by atoms with E-state index in [1.165, 1.54) is 22.5 Å². The van der Waals surface area contributed by atoms with Crippen molar-refractivity contribution in [3.05, 3.63) is 34.3 Å². The third-order valence-electron chi connectivity index (χ3n) is 4.74. The molecule has 1 aromatic carbocycles. The number of carbonyl (C=O) groups is 1. The molecule has 2 aromatic rings. The molecule has 0 aliphatic carbocycles. The van der Waals surface area contributed by atoms with E-state index in [1.807, 2.05) is 5.38 Å². The third kappa shape index (κ3) is 4.99. The number of rotatable bonds is 8. The molecule has 0 saturated carbocycles. The molecule has 1 aliphatic heterocycles. The number of carbonyl (C=O) groups excluding carboxylic acids is 1. The monoisotopic (exact) mass is 389 g/mol. The lowest BCUT2D eigenvalue weighted by Crippen LogP contribution is -2.30. The van der Waals surface area contributed by atoms with Crippen molar-refractivity contribution in [2.75, 3.05) is 26.1 Å². The van der Waals surface area contributed by atoms with Crippen LogP contribution in [0.25, 0.3) is 0 Å². The molecule has 0 radical (unpaired) electrons. The van der Waals surface area contributed by atoms with Gasteiger partial charge in [0.05, 0.1) is 19.9 Å². The Morgan fingerprint density at radius 1 is 1.26 bits per heavy atom. The molecule has 0 fully saturated rings. The van der Waals surface area contributed by atoms with E-state index in [4.69, 9.17) is 9.47 Å². The van der Waals surface area contributed by atoms with Crippen LogP contribution in [0.4, 0.5) is 5.13 Å². The van der Waals surface area contributed by atoms with Gasteiger partial charge in [0.1, 0.15) is 0 Å². The molecule has 7 heteroatoms. The van der Waals surface area contributed by atoms with Gasteiger partial charge in [0, 0.05) is 31.4 Å². The summed E-state index contributed by atoms with van der Waals surface area (Å²) in [4.78, 5) is 18.8. The fourth-order valence-corrected chi connectivity index (χ4v) is 3.98. The SMILES string of the molecule is CCCCC(=O)Nc1nc(CN2CCc3cc(OC)c(OC)cc3C2)cs1. The quantitative estimate of drug-likeness (QED) is 0.743. The fourth-order valence-electron chi connectivity index (χ4n) is 3.26. The Morgan fingerprint density at radius 3 is 2.70 bits per heavy atom. The summed E-state index contributed by atoms with van der Waals surface area (Å²) < 4.78 is 10.8. The Labute approximate surface area is 164 Å². The Kier molecular flexibility index (Phi) is 6.68. The number of hydrogen-bond donors (Lipinski definition) is 1. The van der Waals surface area contributed by atoms with Gasteiger partial charge in [0.15, 0.2) is 16.6 Å². The van der Waals surface area contributed by atoms with Crippen molar-refractivity contribution in [3.8, 4) is 11.5 Å². The minimum atomic E-state index is 0.0469. The lowest BCUT2D eigenvalue weighted by atomic mass is 9.98. The molecule has 1 aromatic heterocycles. The first kappa shape index (κ1) is 19.6. The number of benzene rings is 1. The second-order valence-electron chi connectivity index (χ2n) is 6.73. The Hall–Kier alpha value is -2.12. The number of nitrogens with one attached hydrogen (secondary N) is 1. The number of ether oxygens (including phenoxy) is 2. The summed E-state index contributed by atoms with van der Waals surface area (Å²) >= 11 is 1.49. The van der Waals surface area contributed by atoms with Gasteiger partial charge in [-0.3, -0.25) is 9.69 Å². The van der Waals surface area contributed by atoms with Crippen LogP contribution in [0.2, 0.25) is 0 Å². The van der Waals surface area contributed by atoms with Crippen molar-refractivity contribution < 1.29 is 14.3 Å². The smallest absolute Gasteiger partial charge is 0.226 e. The highest BCUT2D eigenvalue weighted by atomic mass is 32.1. The van der Waals surface area contributed by atoms with Crippen molar-refractivity contribution in [3.63, 3.8) is 0 Å². The summed E-state index contributed by atoms with van der Waals surface area (Å²) in [6, 6.07) is 4.15. The van der Waals surface area contributed by atoms with Crippen molar-refractivity contribution in [1.82, 2.24) is 9.88 Å². The van der Waals surface area contributed by atoms with Crippen molar-refractivity contribution in [2.24, 2.45) is 0 Å². The molecule has 27 heavy (non-hydrogen) atoms. The number of unbranched alkanes of at least 4 members (excludes halogenated alkanes) is 1. The van der Waals surface area contributed by atoms with Crippen molar-refractivity contribution in [2.45, 2.75) is 45.7 Å². The molecule has 0 saturated heterocycles. The summed E-state index contributed by atoms with van der Waals surface area (Å²) in [7, 11) is 3.33. The molecule has 0 unspecified atom stereocenters. The maximum absolute atomic E-state index is 11.8. The van der Waals surface area contributed by atoms with Gasteiger partial charge in [-0.2, -0.15) is 0 Å². The summed E-state index contributed by atoms with van der Waals surface area (Å²) in [5.74, 6) is 1.60. The van der Waals surface area contributed by atoms with Gasteiger partial charge < -0.3 is 14.8 Å². The van der Waals surface area contributed by atoms with Crippen LogP contribution in [-0.4, -0.2) is 36.6 Å². The van der Waals surface area contributed by atoms with E-state index >= 15 is 0 Å². The standard InChI is InChI=1S/C20H27N3O3S/c1-4-5-6-19(24)22-20-21-16(13-27-20)12-23-8-7-14-9-17(25-2)18(26-3)10-15(14)11-23/h9-10,13H,4-8,11-12H2,1-3H3,(H,21,22,24). The number of amides is 1. The van der Waals surface area contributed by atoms with Crippen molar-refractivity contribution >= 4 is 22.4 Å². The van der Waals surface area contributed by atoms with Crippen LogP contribution in [0.15, 0.2) is 17.5 Å². The molecule has 1 aliphatic rings. The topological polar surface area (TPSA) is 63.7 Å². The maximum Gasteiger partial charge on any atom is 0.226 e. The molecular formula is C20H27N3O3S. The Balaban J connectivity index is 1.61. The molecule has 0 spiro atoms. The normalized spacial score (nSPS) is 13.9. The highest BCUT2D eigenvalue weighted by Gasteiger charge is 2.20. The number of thiazole rings is 1. The Bertz CT molecular complexity index is 791. The van der Waals surface area contributed by atoms with Gasteiger partial charge in [0.25, 0.3) is 0 Å². The summed E-state index contributed by atoms with van der Waals surface area (Å²) in [5.41, 5.74) is 3.57. The lowest BCUT2D eigenvalue weighted by Gasteiger charge is -2.29. The highest BCUT2D eigenvalue weighted by Crippen LogP contribution is 2.33. The molecule has 1 N–H and O–H groups in total. The Morgan fingerprint density at radius 2 is 2.00 bits per heavy atom. The predicted molar refractivity (Wildman–Crippen MR) is 108 cm³/mol. The maximum atomic E-state index is 11.8. The van der Waals surface area contributed by atoms with Crippen molar-refractivity contribution in [1.29, 1.82) is 0 Å². The van der Waals surface area contributed by atoms with Gasteiger partial charge in [0.2, 0.25) is 5.91 Å². The minimum Gasteiger partial charge on any atom is -0.493 e. The van der Waals surface area contributed by atoms with Gasteiger partial charge in [-0.1, -0.05) is 13.3 Å². The zero-order chi connectivity index (χ0) is 19.2. The zero-order valence-electron chi connectivity index (χ0n) is 16.2. The van der Waals surface area contributed by atoms with Crippen LogP contribution in [0.3, 0.4) is 0 Å². The molecule has 146 valence electrons. The van der Waals surface area contributed by atoms with Crippen LogP contribution >= 0.6 is 11.3 Å². The second kappa shape index (κ2) is 9.19. The third-order valence-corrected chi connectivity index (χ3v) is 5.54. The molecule has 2 heterocycles. The number of hydrogen-bond acceptors (Lipinski definition) is 6. The minimum absolute atomic E-state index is 0.0469. The average Bonchev–Trinajstić information content (AvgIpc) is 3.11. The van der Waals surface area contributed by atoms with Crippen LogP contribution in [0.1, 0.15) is 43.0 Å². The van der Waals surface area contributed by atoms with Gasteiger partial charge in [-0.15, -0.1) is 11.3 Å². The number of fused-ring (bicyclic) bond motifs is 1. The first-order valence-corrected chi connectivity index (χ1v) is 10.2. The van der Waals surface area contributed by atoms with Crippen LogP contribution < -0.4 is 14.8 Å². The number of methoxy groups -OCH3 is 2. The summed E-state index contributed by atoms with van der Waals surface area (Å²) in [6.07, 6.45) is 3.45. The van der Waals surface area contributed by atoms with E-state index in [1.54, 1.807) is 14.2 Å². The number of nitrogens with zero attached hydrogens (tertiary/aromatic N) is 2. The predicted octanol–water partition coefficient (Wildman–Crippen LogP) is 3.85. The molecule has 3 rings (SSSR count). The zero-order valence-corrected chi connectivity index (χ0v) is 17.0. The molecule has 6 nitrogen and oxygen atoms in total. The van der Waals surface area contributed by atoms with Gasteiger partial charge in [-0.05, 0) is 36.1 Å². The molecule has 0 bridgehead atoms. The van der Waals surface area contributed by atoms with E-state index in [-0.39, 0.29) is 5.91 Å². The number of anilines is 1. The van der Waals surface area contributed by atoms with E-state index in [0.717, 1.165) is 56.1 Å². The van der Waals surface area contributed by atoms with E-state index < -0.39 is 0 Å². The second-order valence-corrected chi connectivity index (χ2v) is 7.59. The van der Waals surface area contributed by atoms with Crippen LogP contribution in [0.5, 0.6) is 11.5 Å². The van der Waals surface area contributed by atoms with Crippen LogP contribution in [-0.2, 0) is 24.3 Å². The fraction of sp³-hybridized carbons (Fsp3) is 0.500. The largest absolute Gasteiger partial charge is 0.493 e. The average molecular weight is 390 g/mol. The van der Waals surface area contributed by atoms with Gasteiger partial charge >= 0.3 is 0 Å². The van der Waals surface area contributed by atoms with E-state index in [0.29, 0.717) is 11.6 Å². The summed E-state index contributed by atoms with van der Waals surface area (Å²) in [6.45, 7) is 4.68. The van der Waals surface area contributed by atoms with Gasteiger partial charge in [-0.25, -0.2) is 4.98 Å². The summed E-state index contributed by atoms with van der Waals surface area (Å²) in [5, 5.41) is 5.61.